The van der Waals surface area contributed by atoms with Crippen molar-refractivity contribution in [3.8, 4) is 5.75 Å². The molecule has 2 aromatic rings. The Kier molecular flexibility index (Phi) is 8.52. The van der Waals surface area contributed by atoms with Gasteiger partial charge in [-0.1, -0.05) is 0 Å². The van der Waals surface area contributed by atoms with E-state index in [-0.39, 0.29) is 6.04 Å². The van der Waals surface area contributed by atoms with Crippen LogP contribution in [0.3, 0.4) is 0 Å². The topological polar surface area (TPSA) is 90.3 Å². The molecular weight excluding hydrogens is 410 g/mol. The number of nitrogens with zero attached hydrogens (tertiary/aromatic N) is 3. The molecule has 1 atom stereocenters. The number of carbonyl (C=O) groups excluding carboxylic acids is 2. The largest absolute Gasteiger partial charge is 0.497 e. The highest BCUT2D eigenvalue weighted by molar-refractivity contribution is 6.35. The van der Waals surface area contributed by atoms with E-state index in [9.17, 15) is 9.59 Å². The van der Waals surface area contributed by atoms with Crippen molar-refractivity contribution >= 4 is 17.5 Å². The van der Waals surface area contributed by atoms with Crippen molar-refractivity contribution in [2.45, 2.75) is 6.04 Å². The number of likely N-dealkylation sites (N-methyl/N-ethyl adjacent to an activating group) is 1. The molecule has 2 amide bonds. The van der Waals surface area contributed by atoms with Crippen LogP contribution in [0.4, 0.5) is 5.69 Å². The number of nitrogens with one attached hydrogen (secondary N) is 2. The number of amides is 2. The van der Waals surface area contributed by atoms with Crippen LogP contribution in [0.1, 0.15) is 11.8 Å². The lowest BCUT2D eigenvalue weighted by Crippen LogP contribution is -2.51. The first kappa shape index (κ1) is 23.6. The van der Waals surface area contributed by atoms with Crippen molar-refractivity contribution in [1.29, 1.82) is 0 Å². The molecule has 2 heterocycles. The molecule has 1 fully saturated rings. The van der Waals surface area contributed by atoms with Crippen molar-refractivity contribution in [2.24, 2.45) is 0 Å². The van der Waals surface area contributed by atoms with Gasteiger partial charge in [0, 0.05) is 51.5 Å². The molecule has 0 spiro atoms. The minimum Gasteiger partial charge on any atom is -0.497 e. The Morgan fingerprint density at radius 2 is 1.75 bits per heavy atom. The van der Waals surface area contributed by atoms with Gasteiger partial charge in [0.25, 0.3) is 0 Å². The van der Waals surface area contributed by atoms with Crippen LogP contribution in [0.25, 0.3) is 0 Å². The lowest BCUT2D eigenvalue weighted by molar-refractivity contribution is -0.139. The maximum atomic E-state index is 12.3. The van der Waals surface area contributed by atoms with Gasteiger partial charge in [-0.05, 0) is 50.5 Å². The number of hydrogen-bond donors (Lipinski definition) is 2. The van der Waals surface area contributed by atoms with Gasteiger partial charge in [0.15, 0.2) is 0 Å². The summed E-state index contributed by atoms with van der Waals surface area (Å²) in [6.07, 6.45) is 1.63. The van der Waals surface area contributed by atoms with E-state index in [0.717, 1.165) is 43.4 Å². The predicted octanol–water partition coefficient (Wildman–Crippen LogP) is 0.946. The molecule has 0 bridgehead atoms. The van der Waals surface area contributed by atoms with Crippen LogP contribution in [0.15, 0.2) is 47.1 Å². The summed E-state index contributed by atoms with van der Waals surface area (Å²) in [4.78, 5) is 30.9. The second kappa shape index (κ2) is 11.5. The number of piperazine rings is 1. The smallest absolute Gasteiger partial charge is 0.309 e. The molecule has 1 aromatic heterocycles. The summed E-state index contributed by atoms with van der Waals surface area (Å²) in [5, 5.41) is 5.41. The van der Waals surface area contributed by atoms with E-state index in [0.29, 0.717) is 19.6 Å². The van der Waals surface area contributed by atoms with Crippen molar-refractivity contribution in [1.82, 2.24) is 20.4 Å². The minimum absolute atomic E-state index is 0.137. The van der Waals surface area contributed by atoms with E-state index >= 15 is 0 Å². The highest BCUT2D eigenvalue weighted by atomic mass is 16.5. The molecular formula is C23H33N5O4. The summed E-state index contributed by atoms with van der Waals surface area (Å²) in [6.45, 7) is 4.71. The number of carbonyl (C=O) groups is 2. The van der Waals surface area contributed by atoms with Crippen LogP contribution < -0.4 is 20.3 Å². The van der Waals surface area contributed by atoms with E-state index in [4.69, 9.17) is 9.15 Å². The van der Waals surface area contributed by atoms with Gasteiger partial charge in [0.05, 0.1) is 19.4 Å². The van der Waals surface area contributed by atoms with Crippen LogP contribution in [0, 0.1) is 0 Å². The molecule has 1 saturated heterocycles. The normalized spacial score (nSPS) is 15.4. The maximum absolute atomic E-state index is 12.3. The highest BCUT2D eigenvalue weighted by Crippen LogP contribution is 2.25. The summed E-state index contributed by atoms with van der Waals surface area (Å²) >= 11 is 0. The Bertz CT molecular complexity index is 846. The molecule has 9 nitrogen and oxygen atoms in total. The van der Waals surface area contributed by atoms with Crippen LogP contribution in [-0.2, 0) is 9.59 Å². The zero-order chi connectivity index (χ0) is 22.9. The molecule has 0 saturated carbocycles. The average molecular weight is 444 g/mol. The predicted molar refractivity (Wildman–Crippen MR) is 123 cm³/mol. The fourth-order valence-corrected chi connectivity index (χ4v) is 3.72. The molecule has 0 radical (unpaired) electrons. The number of rotatable bonds is 9. The van der Waals surface area contributed by atoms with Crippen LogP contribution in [0.5, 0.6) is 5.75 Å². The first-order chi connectivity index (χ1) is 15.5. The molecule has 1 aliphatic heterocycles. The molecule has 174 valence electrons. The Hall–Kier alpha value is -3.04. The van der Waals surface area contributed by atoms with Crippen molar-refractivity contribution < 1.29 is 18.7 Å². The lowest BCUT2D eigenvalue weighted by atomic mass is 10.1. The Morgan fingerprint density at radius 3 is 2.34 bits per heavy atom. The zero-order valence-corrected chi connectivity index (χ0v) is 19.0. The second-order valence-electron chi connectivity index (χ2n) is 8.02. The lowest BCUT2D eigenvalue weighted by Gasteiger charge is -2.39. The van der Waals surface area contributed by atoms with Crippen LogP contribution in [-0.4, -0.2) is 88.6 Å². The van der Waals surface area contributed by atoms with Crippen molar-refractivity contribution in [3.63, 3.8) is 0 Å². The second-order valence-corrected chi connectivity index (χ2v) is 8.02. The monoisotopic (exact) mass is 443 g/mol. The standard InChI is InChI=1S/C23H33N5O4/c1-26(2)11-10-24-22(29)23(30)25-17-20(21-5-4-16-32-21)28-14-12-27(13-15-28)18-6-8-19(31-3)9-7-18/h4-9,16,20H,10-15,17H2,1-3H3,(H,24,29)(H,25,30)/t20-/m1/s1. The third-order valence-corrected chi connectivity index (χ3v) is 5.57. The van der Waals surface area contributed by atoms with E-state index < -0.39 is 11.8 Å². The van der Waals surface area contributed by atoms with Gasteiger partial charge < -0.3 is 29.6 Å². The number of benzene rings is 1. The van der Waals surface area contributed by atoms with Crippen LogP contribution >= 0.6 is 0 Å². The highest BCUT2D eigenvalue weighted by Gasteiger charge is 2.28. The minimum atomic E-state index is -0.628. The quantitative estimate of drug-likeness (QED) is 0.558. The van der Waals surface area contributed by atoms with E-state index in [1.165, 1.54) is 0 Å². The van der Waals surface area contributed by atoms with E-state index in [2.05, 4.69) is 32.6 Å². The Balaban J connectivity index is 1.55. The molecule has 32 heavy (non-hydrogen) atoms. The van der Waals surface area contributed by atoms with Gasteiger partial charge >= 0.3 is 11.8 Å². The first-order valence-electron chi connectivity index (χ1n) is 10.8. The summed E-state index contributed by atoms with van der Waals surface area (Å²) in [5.74, 6) is 0.370. The number of hydrogen-bond acceptors (Lipinski definition) is 7. The van der Waals surface area contributed by atoms with E-state index in [1.54, 1.807) is 13.4 Å². The molecule has 0 aliphatic carbocycles. The van der Waals surface area contributed by atoms with Gasteiger partial charge in [-0.25, -0.2) is 0 Å². The van der Waals surface area contributed by atoms with Crippen LogP contribution in [0.2, 0.25) is 0 Å². The van der Waals surface area contributed by atoms with Gasteiger partial charge in [-0.3, -0.25) is 14.5 Å². The van der Waals surface area contributed by atoms with Gasteiger partial charge in [-0.2, -0.15) is 0 Å². The number of anilines is 1. The molecule has 9 heteroatoms. The van der Waals surface area contributed by atoms with E-state index in [1.807, 2.05) is 43.3 Å². The summed E-state index contributed by atoms with van der Waals surface area (Å²) in [5.41, 5.74) is 1.16. The van der Waals surface area contributed by atoms with Gasteiger partial charge in [0.2, 0.25) is 0 Å². The molecule has 1 aliphatic rings. The number of furan rings is 1. The van der Waals surface area contributed by atoms with Gasteiger partial charge in [-0.15, -0.1) is 0 Å². The molecule has 2 N–H and O–H groups in total. The Morgan fingerprint density at radius 1 is 1.06 bits per heavy atom. The number of ether oxygens (including phenoxy) is 1. The first-order valence-corrected chi connectivity index (χ1v) is 10.8. The van der Waals surface area contributed by atoms with Crippen molar-refractivity contribution in [3.05, 3.63) is 48.4 Å². The van der Waals surface area contributed by atoms with Gasteiger partial charge in [0.1, 0.15) is 11.5 Å². The summed E-state index contributed by atoms with van der Waals surface area (Å²) < 4.78 is 10.9. The fraction of sp³-hybridized carbons (Fsp3) is 0.478. The third kappa shape index (κ3) is 6.48. The third-order valence-electron chi connectivity index (χ3n) is 5.57. The fourth-order valence-electron chi connectivity index (χ4n) is 3.72. The Labute approximate surface area is 189 Å². The number of methoxy groups -OCH3 is 1. The molecule has 0 unspecified atom stereocenters. The zero-order valence-electron chi connectivity index (χ0n) is 19.0. The SMILES string of the molecule is COc1ccc(N2CCN([C@H](CNC(=O)C(=O)NCCN(C)C)c3ccco3)CC2)cc1. The van der Waals surface area contributed by atoms with Crippen molar-refractivity contribution in [2.75, 3.05) is 71.9 Å². The molecule has 3 rings (SSSR count). The molecule has 1 aromatic carbocycles. The summed E-state index contributed by atoms with van der Waals surface area (Å²) in [6, 6.07) is 11.7. The average Bonchev–Trinajstić information content (AvgIpc) is 3.34. The maximum Gasteiger partial charge on any atom is 0.309 e. The summed E-state index contributed by atoms with van der Waals surface area (Å²) in [7, 11) is 5.48.